The summed E-state index contributed by atoms with van der Waals surface area (Å²) in [5.74, 6) is 0.235. The van der Waals surface area contributed by atoms with Crippen LogP contribution in [0.2, 0.25) is 10.0 Å². The van der Waals surface area contributed by atoms with E-state index in [0.29, 0.717) is 10.7 Å². The minimum absolute atomic E-state index is 0.0547. The summed E-state index contributed by atoms with van der Waals surface area (Å²) in [7, 11) is -3.86. The number of sulfonamides is 1. The summed E-state index contributed by atoms with van der Waals surface area (Å²) in [5.41, 5.74) is 0.702. The number of hydrogen-bond donors (Lipinski definition) is 0. The summed E-state index contributed by atoms with van der Waals surface area (Å²) in [4.78, 5) is 8.11. The third-order valence-electron chi connectivity index (χ3n) is 2.77. The van der Waals surface area contributed by atoms with Gasteiger partial charge in [0, 0.05) is 11.6 Å². The first-order valence-electron chi connectivity index (χ1n) is 6.12. The molecule has 112 valence electrons. The maximum absolute atomic E-state index is 12.7. The second-order valence-corrected chi connectivity index (χ2v) is 6.93. The van der Waals surface area contributed by atoms with E-state index in [9.17, 15) is 8.42 Å². The van der Waals surface area contributed by atoms with Crippen molar-refractivity contribution in [3.05, 3.63) is 46.3 Å². The summed E-state index contributed by atoms with van der Waals surface area (Å²) < 4.78 is 26.6. The van der Waals surface area contributed by atoms with Gasteiger partial charge in [-0.25, -0.2) is 17.7 Å². The Morgan fingerprint density at radius 2 is 1.90 bits per heavy atom. The minimum atomic E-state index is -3.86. The number of aromatic nitrogens is 2. The van der Waals surface area contributed by atoms with Gasteiger partial charge in [0.25, 0.3) is 10.0 Å². The van der Waals surface area contributed by atoms with E-state index in [1.54, 1.807) is 13.8 Å². The van der Waals surface area contributed by atoms with E-state index in [-0.39, 0.29) is 22.3 Å². The second kappa shape index (κ2) is 6.17. The highest BCUT2D eigenvalue weighted by Gasteiger charge is 2.27. The van der Waals surface area contributed by atoms with E-state index in [0.717, 1.165) is 4.31 Å². The zero-order chi connectivity index (χ0) is 15.6. The van der Waals surface area contributed by atoms with E-state index in [1.165, 1.54) is 30.6 Å². The first-order chi connectivity index (χ1) is 9.86. The fourth-order valence-corrected chi connectivity index (χ4v) is 3.92. The van der Waals surface area contributed by atoms with Crippen molar-refractivity contribution < 1.29 is 8.42 Å². The molecule has 2 aromatic rings. The lowest BCUT2D eigenvalue weighted by atomic mass is 10.4. The molecule has 0 bridgehead atoms. The van der Waals surface area contributed by atoms with Crippen molar-refractivity contribution in [3.63, 3.8) is 0 Å². The lowest BCUT2D eigenvalue weighted by Crippen LogP contribution is -2.31. The summed E-state index contributed by atoms with van der Waals surface area (Å²) in [6.07, 6.45) is 2.92. The molecule has 0 saturated heterocycles. The van der Waals surface area contributed by atoms with Crippen LogP contribution in [0.3, 0.4) is 0 Å². The van der Waals surface area contributed by atoms with Gasteiger partial charge >= 0.3 is 0 Å². The fraction of sp³-hybridized carbons (Fsp3) is 0.231. The van der Waals surface area contributed by atoms with E-state index in [4.69, 9.17) is 23.2 Å². The maximum atomic E-state index is 12.7. The number of rotatable bonds is 4. The molecule has 0 aliphatic rings. The van der Waals surface area contributed by atoms with Gasteiger partial charge in [-0.3, -0.25) is 4.98 Å². The highest BCUT2D eigenvalue weighted by atomic mass is 35.5. The number of anilines is 1. The molecule has 2 rings (SSSR count). The van der Waals surface area contributed by atoms with Gasteiger partial charge in [-0.15, -0.1) is 0 Å². The summed E-state index contributed by atoms with van der Waals surface area (Å²) in [6.45, 7) is 3.68. The largest absolute Gasteiger partial charge is 0.267 e. The zero-order valence-corrected chi connectivity index (χ0v) is 13.7. The second-order valence-electron chi connectivity index (χ2n) is 4.26. The van der Waals surface area contributed by atoms with Crippen molar-refractivity contribution >= 4 is 39.0 Å². The molecule has 21 heavy (non-hydrogen) atoms. The Hall–Kier alpha value is -1.37. The van der Waals surface area contributed by atoms with Crippen LogP contribution in [0, 0.1) is 6.92 Å². The Morgan fingerprint density at radius 3 is 2.48 bits per heavy atom. The molecule has 0 atom stereocenters. The van der Waals surface area contributed by atoms with Crippen molar-refractivity contribution in [2.75, 3.05) is 10.8 Å². The highest BCUT2D eigenvalue weighted by Crippen LogP contribution is 2.29. The molecule has 0 amide bonds. The van der Waals surface area contributed by atoms with Crippen LogP contribution in [-0.4, -0.2) is 24.9 Å². The van der Waals surface area contributed by atoms with E-state index < -0.39 is 10.0 Å². The molecular weight excluding hydrogens is 333 g/mol. The van der Waals surface area contributed by atoms with E-state index in [2.05, 4.69) is 9.97 Å². The number of halogens is 2. The Kier molecular flexibility index (Phi) is 4.70. The summed E-state index contributed by atoms with van der Waals surface area (Å²) in [5, 5.41) is 0.405. The van der Waals surface area contributed by atoms with Crippen molar-refractivity contribution in [3.8, 4) is 0 Å². The normalized spacial score (nSPS) is 11.4. The summed E-state index contributed by atoms with van der Waals surface area (Å²) in [6, 6.07) is 4.31. The smallest absolute Gasteiger partial charge is 0.256 e. The molecule has 0 spiro atoms. The molecular formula is C13H13Cl2N3O2S. The molecule has 1 aromatic heterocycles. The van der Waals surface area contributed by atoms with Gasteiger partial charge < -0.3 is 0 Å². The van der Waals surface area contributed by atoms with Gasteiger partial charge in [0.2, 0.25) is 0 Å². The first kappa shape index (κ1) is 16.0. The zero-order valence-electron chi connectivity index (χ0n) is 11.4. The first-order valence-corrected chi connectivity index (χ1v) is 8.32. The number of nitrogens with zero attached hydrogens (tertiary/aromatic N) is 3. The van der Waals surface area contributed by atoms with E-state index >= 15 is 0 Å². The molecule has 0 saturated carbocycles. The third-order valence-corrected chi connectivity index (χ3v) is 5.37. The SMILES string of the molecule is CCN(c1cnc(C)cn1)S(=O)(=O)c1cc(Cl)ccc1Cl. The van der Waals surface area contributed by atoms with Crippen LogP contribution in [0.25, 0.3) is 0 Å². The van der Waals surface area contributed by atoms with Gasteiger partial charge in [0.15, 0.2) is 5.82 Å². The lowest BCUT2D eigenvalue weighted by Gasteiger charge is -2.22. The summed E-state index contributed by atoms with van der Waals surface area (Å²) >= 11 is 11.9. The molecule has 0 unspecified atom stereocenters. The maximum Gasteiger partial charge on any atom is 0.267 e. The number of aryl methyl sites for hydroxylation is 1. The predicted octanol–water partition coefficient (Wildman–Crippen LogP) is 3.31. The Morgan fingerprint density at radius 1 is 1.19 bits per heavy atom. The van der Waals surface area contributed by atoms with Gasteiger partial charge in [0.05, 0.1) is 23.1 Å². The number of benzene rings is 1. The molecule has 1 heterocycles. The van der Waals surface area contributed by atoms with Gasteiger partial charge in [0.1, 0.15) is 4.90 Å². The van der Waals surface area contributed by atoms with Crippen LogP contribution in [-0.2, 0) is 10.0 Å². The molecule has 0 aliphatic heterocycles. The van der Waals surface area contributed by atoms with Crippen LogP contribution >= 0.6 is 23.2 Å². The predicted molar refractivity (Wildman–Crippen MR) is 83.4 cm³/mol. The quantitative estimate of drug-likeness (QED) is 0.852. The van der Waals surface area contributed by atoms with Crippen LogP contribution in [0.5, 0.6) is 0 Å². The van der Waals surface area contributed by atoms with Crippen molar-refractivity contribution in [1.29, 1.82) is 0 Å². The molecule has 0 aliphatic carbocycles. The van der Waals surface area contributed by atoms with Gasteiger partial charge in [-0.05, 0) is 32.0 Å². The van der Waals surface area contributed by atoms with Crippen LogP contribution < -0.4 is 4.31 Å². The molecule has 1 aromatic carbocycles. The highest BCUT2D eigenvalue weighted by molar-refractivity contribution is 7.93. The van der Waals surface area contributed by atoms with Crippen molar-refractivity contribution in [2.45, 2.75) is 18.7 Å². The van der Waals surface area contributed by atoms with Crippen LogP contribution in [0.4, 0.5) is 5.82 Å². The lowest BCUT2D eigenvalue weighted by molar-refractivity contribution is 0.591. The molecule has 0 fully saturated rings. The monoisotopic (exact) mass is 345 g/mol. The molecule has 5 nitrogen and oxygen atoms in total. The Labute approximate surface area is 133 Å². The average Bonchev–Trinajstić information content (AvgIpc) is 2.44. The van der Waals surface area contributed by atoms with Crippen LogP contribution in [0.1, 0.15) is 12.6 Å². The Balaban J connectivity index is 2.54. The fourth-order valence-electron chi connectivity index (χ4n) is 1.76. The van der Waals surface area contributed by atoms with Gasteiger partial charge in [-0.2, -0.15) is 0 Å². The van der Waals surface area contributed by atoms with Crippen LogP contribution in [0.15, 0.2) is 35.5 Å². The molecule has 0 N–H and O–H groups in total. The van der Waals surface area contributed by atoms with Crippen molar-refractivity contribution in [2.24, 2.45) is 0 Å². The molecule has 8 heteroatoms. The topological polar surface area (TPSA) is 63.2 Å². The standard InChI is InChI=1S/C13H13Cl2N3O2S/c1-3-18(13-8-16-9(2)7-17-13)21(19,20)12-6-10(14)4-5-11(12)15/h4-8H,3H2,1-2H3. The average molecular weight is 346 g/mol. The van der Waals surface area contributed by atoms with Gasteiger partial charge in [-0.1, -0.05) is 23.2 Å². The van der Waals surface area contributed by atoms with Crippen molar-refractivity contribution in [1.82, 2.24) is 9.97 Å². The number of hydrogen-bond acceptors (Lipinski definition) is 4. The Bertz CT molecular complexity index is 749. The minimum Gasteiger partial charge on any atom is -0.256 e. The third kappa shape index (κ3) is 3.28. The van der Waals surface area contributed by atoms with E-state index in [1.807, 2.05) is 0 Å². The molecule has 0 radical (unpaired) electrons.